The van der Waals surface area contributed by atoms with Gasteiger partial charge in [0.05, 0.1) is 18.5 Å². The number of nitrogens with one attached hydrogen (secondary N) is 1. The van der Waals surface area contributed by atoms with Crippen molar-refractivity contribution in [3.05, 3.63) is 59.4 Å². The van der Waals surface area contributed by atoms with E-state index in [1.165, 1.54) is 7.11 Å². The van der Waals surface area contributed by atoms with Crippen molar-refractivity contribution < 1.29 is 9.53 Å². The number of halogens is 1. The third-order valence-corrected chi connectivity index (χ3v) is 2.68. The van der Waals surface area contributed by atoms with Gasteiger partial charge in [-0.25, -0.2) is 4.79 Å². The van der Waals surface area contributed by atoms with E-state index in [2.05, 4.69) is 15.5 Å². The lowest BCUT2D eigenvalue weighted by Crippen LogP contribution is -2.19. The minimum absolute atomic E-state index is 0.100. The van der Waals surface area contributed by atoms with Crippen molar-refractivity contribution in [2.24, 2.45) is 5.10 Å². The van der Waals surface area contributed by atoms with Gasteiger partial charge >= 0.3 is 5.97 Å². The van der Waals surface area contributed by atoms with Crippen molar-refractivity contribution in [2.45, 2.75) is 0 Å². The van der Waals surface area contributed by atoms with Crippen molar-refractivity contribution in [2.75, 3.05) is 12.5 Å². The minimum Gasteiger partial charge on any atom is -0.464 e. The second-order valence-electron chi connectivity index (χ2n) is 3.79. The van der Waals surface area contributed by atoms with Crippen LogP contribution in [0.15, 0.2) is 53.8 Å². The highest BCUT2D eigenvalue weighted by molar-refractivity contribution is 6.42. The maximum absolute atomic E-state index is 11.7. The first kappa shape index (κ1) is 14.0. The number of hydrazone groups is 1. The van der Waals surface area contributed by atoms with Gasteiger partial charge in [-0.2, -0.15) is 5.10 Å². The van der Waals surface area contributed by atoms with Crippen molar-refractivity contribution in [1.29, 1.82) is 0 Å². The third-order valence-electron chi connectivity index (χ3n) is 2.43. The Balaban J connectivity index is 2.25. The molecule has 0 aliphatic heterocycles. The van der Waals surface area contributed by atoms with Gasteiger partial charge in [-0.3, -0.25) is 10.4 Å². The summed E-state index contributed by atoms with van der Waals surface area (Å²) in [5.41, 5.74) is 4.01. The Morgan fingerprint density at radius 2 is 2.00 bits per heavy atom. The average Bonchev–Trinajstić information content (AvgIpc) is 2.50. The Morgan fingerprint density at radius 3 is 2.60 bits per heavy atom. The van der Waals surface area contributed by atoms with Gasteiger partial charge in [-0.05, 0) is 36.4 Å². The van der Waals surface area contributed by atoms with Crippen LogP contribution < -0.4 is 5.43 Å². The number of pyridine rings is 1. The summed E-state index contributed by atoms with van der Waals surface area (Å²) in [7, 11) is 1.29. The number of carbonyl (C=O) groups is 1. The molecular formula is C14H12ClN3O2. The van der Waals surface area contributed by atoms with Crippen LogP contribution in [0.4, 0.5) is 5.69 Å². The van der Waals surface area contributed by atoms with Gasteiger partial charge in [0.15, 0.2) is 5.71 Å². The summed E-state index contributed by atoms with van der Waals surface area (Å²) in [6, 6.07) is 12.1. The van der Waals surface area contributed by atoms with E-state index in [1.54, 1.807) is 48.7 Å². The van der Waals surface area contributed by atoms with Crippen LogP contribution >= 0.6 is 11.6 Å². The number of carbonyl (C=O) groups excluding carboxylic acids is 1. The molecule has 6 heteroatoms. The van der Waals surface area contributed by atoms with Crippen LogP contribution in [0.2, 0.25) is 5.02 Å². The maximum Gasteiger partial charge on any atom is 0.360 e. The van der Waals surface area contributed by atoms with E-state index < -0.39 is 5.97 Å². The van der Waals surface area contributed by atoms with Crippen molar-refractivity contribution >= 4 is 29.0 Å². The molecule has 0 fully saturated rings. The van der Waals surface area contributed by atoms with Gasteiger partial charge in [0.25, 0.3) is 0 Å². The summed E-state index contributed by atoms with van der Waals surface area (Å²) in [6.45, 7) is 0. The fourth-order valence-corrected chi connectivity index (χ4v) is 1.58. The summed E-state index contributed by atoms with van der Waals surface area (Å²) < 4.78 is 4.70. The van der Waals surface area contributed by atoms with E-state index in [-0.39, 0.29) is 5.71 Å². The molecular weight excluding hydrogens is 278 g/mol. The first-order chi connectivity index (χ1) is 9.70. The van der Waals surface area contributed by atoms with Gasteiger partial charge in [-0.15, -0.1) is 0 Å². The predicted octanol–water partition coefficient (Wildman–Crippen LogP) is 2.72. The molecule has 0 aliphatic rings. The Labute approximate surface area is 121 Å². The third kappa shape index (κ3) is 3.55. The van der Waals surface area contributed by atoms with Crippen LogP contribution in [0.1, 0.15) is 5.69 Å². The first-order valence-electron chi connectivity index (χ1n) is 5.79. The largest absolute Gasteiger partial charge is 0.464 e. The second kappa shape index (κ2) is 6.68. The Morgan fingerprint density at radius 1 is 1.25 bits per heavy atom. The number of anilines is 1. The zero-order valence-electron chi connectivity index (χ0n) is 10.7. The highest BCUT2D eigenvalue weighted by Gasteiger charge is 2.15. The number of ether oxygens (including phenoxy) is 1. The lowest BCUT2D eigenvalue weighted by Gasteiger charge is -2.05. The normalized spacial score (nSPS) is 11.0. The number of methoxy groups -OCH3 is 1. The summed E-state index contributed by atoms with van der Waals surface area (Å²) in [4.78, 5) is 15.8. The van der Waals surface area contributed by atoms with Crippen LogP contribution in [-0.2, 0) is 9.53 Å². The second-order valence-corrected chi connectivity index (χ2v) is 4.22. The molecule has 1 heterocycles. The molecule has 102 valence electrons. The molecule has 0 saturated carbocycles. The molecule has 0 atom stereocenters. The average molecular weight is 290 g/mol. The highest BCUT2D eigenvalue weighted by atomic mass is 35.5. The number of hydrogen-bond donors (Lipinski definition) is 1. The number of hydrogen-bond acceptors (Lipinski definition) is 5. The Kier molecular flexibility index (Phi) is 4.68. The van der Waals surface area contributed by atoms with E-state index in [1.807, 2.05) is 0 Å². The van der Waals surface area contributed by atoms with Gasteiger partial charge in [-0.1, -0.05) is 17.7 Å². The van der Waals surface area contributed by atoms with Crippen molar-refractivity contribution in [3.8, 4) is 0 Å². The standard InChI is InChI=1S/C14H12ClN3O2/c1-20-14(19)13(12-4-2-3-9-16-12)18-17-11-7-5-10(15)6-8-11/h2-9,17H,1H3/b18-13-. The van der Waals surface area contributed by atoms with Crippen LogP contribution in [0.5, 0.6) is 0 Å². The number of nitrogens with zero attached hydrogens (tertiary/aromatic N) is 2. The molecule has 0 unspecified atom stereocenters. The smallest absolute Gasteiger partial charge is 0.360 e. The van der Waals surface area contributed by atoms with Crippen LogP contribution in [0.25, 0.3) is 0 Å². The quantitative estimate of drug-likeness (QED) is 0.534. The molecule has 20 heavy (non-hydrogen) atoms. The number of aromatic nitrogens is 1. The van der Waals surface area contributed by atoms with Gasteiger partial charge in [0, 0.05) is 11.2 Å². The number of esters is 1. The summed E-state index contributed by atoms with van der Waals surface area (Å²) in [5, 5.41) is 4.67. The molecule has 0 spiro atoms. The van der Waals surface area contributed by atoms with Crippen molar-refractivity contribution in [1.82, 2.24) is 4.98 Å². The van der Waals surface area contributed by atoms with Crippen LogP contribution in [0.3, 0.4) is 0 Å². The molecule has 1 aromatic carbocycles. The van der Waals surface area contributed by atoms with Crippen molar-refractivity contribution in [3.63, 3.8) is 0 Å². The highest BCUT2D eigenvalue weighted by Crippen LogP contribution is 2.13. The molecule has 0 saturated heterocycles. The predicted molar refractivity (Wildman–Crippen MR) is 77.9 cm³/mol. The zero-order chi connectivity index (χ0) is 14.4. The minimum atomic E-state index is -0.565. The van der Waals surface area contributed by atoms with Crippen LogP contribution in [0, 0.1) is 0 Å². The molecule has 0 radical (unpaired) electrons. The van der Waals surface area contributed by atoms with E-state index in [4.69, 9.17) is 16.3 Å². The van der Waals surface area contributed by atoms with Crippen LogP contribution in [-0.4, -0.2) is 23.8 Å². The molecule has 1 N–H and O–H groups in total. The Hall–Kier alpha value is -2.40. The molecule has 0 aliphatic carbocycles. The monoisotopic (exact) mass is 289 g/mol. The van der Waals surface area contributed by atoms with Gasteiger partial charge in [0.2, 0.25) is 0 Å². The first-order valence-corrected chi connectivity index (χ1v) is 6.17. The zero-order valence-corrected chi connectivity index (χ0v) is 11.5. The fraction of sp³-hybridized carbons (Fsp3) is 0.0714. The number of rotatable bonds is 4. The molecule has 2 rings (SSSR count). The lowest BCUT2D eigenvalue weighted by atomic mass is 10.2. The van der Waals surface area contributed by atoms with E-state index in [0.717, 1.165) is 0 Å². The van der Waals surface area contributed by atoms with E-state index in [0.29, 0.717) is 16.4 Å². The lowest BCUT2D eigenvalue weighted by molar-refractivity contribution is -0.132. The summed E-state index contributed by atoms with van der Waals surface area (Å²) in [5.74, 6) is -0.565. The molecule has 5 nitrogen and oxygen atoms in total. The topological polar surface area (TPSA) is 63.6 Å². The fourth-order valence-electron chi connectivity index (χ4n) is 1.45. The molecule has 2 aromatic rings. The van der Waals surface area contributed by atoms with E-state index >= 15 is 0 Å². The maximum atomic E-state index is 11.7. The van der Waals surface area contributed by atoms with E-state index in [9.17, 15) is 4.79 Å². The summed E-state index contributed by atoms with van der Waals surface area (Å²) >= 11 is 5.80. The SMILES string of the molecule is COC(=O)/C(=N\Nc1ccc(Cl)cc1)c1ccccn1. The Bertz CT molecular complexity index is 612. The van der Waals surface area contributed by atoms with Gasteiger partial charge in [0.1, 0.15) is 0 Å². The molecule has 1 aromatic heterocycles. The van der Waals surface area contributed by atoms with Gasteiger partial charge < -0.3 is 4.74 Å². The summed E-state index contributed by atoms with van der Waals surface area (Å²) in [6.07, 6.45) is 1.58. The number of benzene rings is 1. The molecule has 0 amide bonds. The molecule has 0 bridgehead atoms.